The van der Waals surface area contributed by atoms with Crippen LogP contribution in [0.2, 0.25) is 10.2 Å². The van der Waals surface area contributed by atoms with E-state index in [9.17, 15) is 4.79 Å². The van der Waals surface area contributed by atoms with E-state index in [1.165, 1.54) is 30.1 Å². The number of halogens is 3. The highest BCUT2D eigenvalue weighted by molar-refractivity contribution is 9.10. The summed E-state index contributed by atoms with van der Waals surface area (Å²) in [6.07, 6.45) is 4.44. The van der Waals surface area contributed by atoms with Crippen molar-refractivity contribution in [3.63, 3.8) is 0 Å². The van der Waals surface area contributed by atoms with E-state index in [2.05, 4.69) is 41.6 Å². The van der Waals surface area contributed by atoms with Crippen LogP contribution in [0, 0.1) is 0 Å². The van der Waals surface area contributed by atoms with Crippen LogP contribution in [0.25, 0.3) is 5.65 Å². The second-order valence-corrected chi connectivity index (χ2v) is 6.09. The molecule has 2 amide bonds. The maximum absolute atomic E-state index is 12.1. The van der Waals surface area contributed by atoms with E-state index in [1.807, 2.05) is 0 Å². The van der Waals surface area contributed by atoms with Gasteiger partial charge in [-0.25, -0.2) is 19.3 Å². The highest BCUT2D eigenvalue weighted by atomic mass is 79.9. The topological polar surface area (TPSA) is 93.4 Å². The zero-order valence-corrected chi connectivity index (χ0v) is 15.1. The molecule has 24 heavy (non-hydrogen) atoms. The lowest BCUT2D eigenvalue weighted by Gasteiger charge is -2.10. The van der Waals surface area contributed by atoms with E-state index in [-0.39, 0.29) is 10.9 Å². The number of aromatic nitrogens is 4. The third-order valence-corrected chi connectivity index (χ3v) is 4.14. The Labute approximate surface area is 154 Å². The maximum Gasteiger partial charge on any atom is 0.323 e. The summed E-state index contributed by atoms with van der Waals surface area (Å²) in [7, 11) is 1.45. The molecule has 124 valence electrons. The van der Waals surface area contributed by atoms with Gasteiger partial charge in [0.05, 0.1) is 41.5 Å². The Bertz CT molecular complexity index is 932. The van der Waals surface area contributed by atoms with Gasteiger partial charge in [-0.15, -0.1) is 0 Å². The Morgan fingerprint density at radius 3 is 2.83 bits per heavy atom. The van der Waals surface area contributed by atoms with Crippen molar-refractivity contribution in [2.75, 3.05) is 17.7 Å². The number of carbonyl (C=O) groups excluding carboxylic acids is 1. The van der Waals surface area contributed by atoms with E-state index < -0.39 is 6.03 Å². The number of urea groups is 1. The first-order valence-corrected chi connectivity index (χ1v) is 7.99. The van der Waals surface area contributed by atoms with Crippen molar-refractivity contribution in [2.24, 2.45) is 0 Å². The molecule has 0 aromatic carbocycles. The van der Waals surface area contributed by atoms with Gasteiger partial charge in [-0.1, -0.05) is 23.2 Å². The van der Waals surface area contributed by atoms with Gasteiger partial charge in [-0.2, -0.15) is 5.10 Å². The van der Waals surface area contributed by atoms with Gasteiger partial charge in [-0.05, 0) is 22.0 Å². The molecule has 0 aliphatic rings. The molecule has 8 nitrogen and oxygen atoms in total. The van der Waals surface area contributed by atoms with Gasteiger partial charge in [0.1, 0.15) is 10.2 Å². The monoisotopic (exact) mass is 430 g/mol. The highest BCUT2D eigenvalue weighted by Crippen LogP contribution is 2.27. The fourth-order valence-electron chi connectivity index (χ4n) is 1.89. The average molecular weight is 432 g/mol. The van der Waals surface area contributed by atoms with Crippen LogP contribution in [0.3, 0.4) is 0 Å². The minimum absolute atomic E-state index is 0.274. The standard InChI is InChI=1S/C13H9BrCl2N6O2/c1-24-12-7(15)2-6(3-17-12)19-13(23)20-8-4-18-22-5-9(16)21-11(22)10(8)14/h2-5H,1H3,(H2,19,20,23). The van der Waals surface area contributed by atoms with Crippen LogP contribution in [-0.4, -0.2) is 32.7 Å². The fourth-order valence-corrected chi connectivity index (χ4v) is 2.78. The Balaban J connectivity index is 1.77. The lowest BCUT2D eigenvalue weighted by atomic mass is 10.4. The lowest BCUT2D eigenvalue weighted by Crippen LogP contribution is -2.20. The minimum Gasteiger partial charge on any atom is -0.480 e. The van der Waals surface area contributed by atoms with Crippen molar-refractivity contribution < 1.29 is 9.53 Å². The number of rotatable bonds is 3. The SMILES string of the molecule is COc1ncc(NC(=O)Nc2cnn3cc(Cl)nc3c2Br)cc1Cl. The van der Waals surface area contributed by atoms with Gasteiger partial charge >= 0.3 is 6.03 Å². The third kappa shape index (κ3) is 3.37. The van der Waals surface area contributed by atoms with E-state index in [4.69, 9.17) is 27.9 Å². The first-order chi connectivity index (χ1) is 11.5. The molecule has 3 aromatic heterocycles. The van der Waals surface area contributed by atoms with Crippen LogP contribution in [-0.2, 0) is 0 Å². The van der Waals surface area contributed by atoms with Crippen molar-refractivity contribution in [3.05, 3.63) is 39.3 Å². The van der Waals surface area contributed by atoms with Gasteiger partial charge < -0.3 is 15.4 Å². The number of ether oxygens (including phenoxy) is 1. The van der Waals surface area contributed by atoms with Crippen LogP contribution in [0.5, 0.6) is 5.88 Å². The van der Waals surface area contributed by atoms with Crippen molar-refractivity contribution in [3.8, 4) is 5.88 Å². The highest BCUT2D eigenvalue weighted by Gasteiger charge is 2.13. The quantitative estimate of drug-likeness (QED) is 0.656. The van der Waals surface area contributed by atoms with Gasteiger partial charge in [-0.3, -0.25) is 0 Å². The third-order valence-electron chi connectivity index (χ3n) is 2.91. The molecule has 0 spiro atoms. The number of hydrogen-bond donors (Lipinski definition) is 2. The number of pyridine rings is 1. The molecule has 0 fully saturated rings. The molecule has 0 unspecified atom stereocenters. The predicted molar refractivity (Wildman–Crippen MR) is 94.1 cm³/mol. The molecule has 0 atom stereocenters. The first-order valence-electron chi connectivity index (χ1n) is 6.45. The Kier molecular flexibility index (Phi) is 4.74. The first kappa shape index (κ1) is 16.7. The van der Waals surface area contributed by atoms with Crippen LogP contribution in [0.15, 0.2) is 29.1 Å². The molecular formula is C13H9BrCl2N6O2. The van der Waals surface area contributed by atoms with E-state index in [1.54, 1.807) is 6.20 Å². The van der Waals surface area contributed by atoms with Crippen LogP contribution in [0.4, 0.5) is 16.2 Å². The second kappa shape index (κ2) is 6.80. The maximum atomic E-state index is 12.1. The van der Waals surface area contributed by atoms with Gasteiger partial charge in [0.25, 0.3) is 0 Å². The number of hydrogen-bond acceptors (Lipinski definition) is 5. The molecular weight excluding hydrogens is 423 g/mol. The van der Waals surface area contributed by atoms with Crippen LogP contribution in [0.1, 0.15) is 0 Å². The lowest BCUT2D eigenvalue weighted by molar-refractivity contribution is 0.262. The zero-order valence-electron chi connectivity index (χ0n) is 12.0. The molecule has 11 heteroatoms. The molecule has 3 heterocycles. The van der Waals surface area contributed by atoms with Gasteiger partial charge in [0, 0.05) is 0 Å². The fraction of sp³-hybridized carbons (Fsp3) is 0.0769. The van der Waals surface area contributed by atoms with E-state index in [0.29, 0.717) is 26.6 Å². The molecule has 3 aromatic rings. The summed E-state index contributed by atoms with van der Waals surface area (Å²) in [5.74, 6) is 0.274. The van der Waals surface area contributed by atoms with E-state index >= 15 is 0 Å². The number of methoxy groups -OCH3 is 1. The van der Waals surface area contributed by atoms with E-state index in [0.717, 1.165) is 0 Å². The molecule has 0 aliphatic carbocycles. The normalized spacial score (nSPS) is 10.7. The van der Waals surface area contributed by atoms with Gasteiger partial charge in [0.15, 0.2) is 5.65 Å². The van der Waals surface area contributed by atoms with Crippen molar-refractivity contribution in [1.82, 2.24) is 19.6 Å². The summed E-state index contributed by atoms with van der Waals surface area (Å²) in [4.78, 5) is 20.2. The minimum atomic E-state index is -0.498. The Morgan fingerprint density at radius 1 is 1.33 bits per heavy atom. The van der Waals surface area contributed by atoms with Crippen molar-refractivity contribution in [1.29, 1.82) is 0 Å². The molecule has 0 aliphatic heterocycles. The molecule has 2 N–H and O–H groups in total. The number of anilines is 2. The summed E-state index contributed by atoms with van der Waals surface area (Å²) in [6.45, 7) is 0. The summed E-state index contributed by atoms with van der Waals surface area (Å²) in [6, 6.07) is 1.03. The summed E-state index contributed by atoms with van der Waals surface area (Å²) in [5, 5.41) is 9.94. The number of fused-ring (bicyclic) bond motifs is 1. The molecule has 0 saturated carbocycles. The second-order valence-electron chi connectivity index (χ2n) is 4.50. The van der Waals surface area contributed by atoms with Gasteiger partial charge in [0.2, 0.25) is 5.88 Å². The smallest absolute Gasteiger partial charge is 0.323 e. The molecule has 3 rings (SSSR count). The zero-order chi connectivity index (χ0) is 17.3. The molecule has 0 radical (unpaired) electrons. The molecule has 0 bridgehead atoms. The largest absolute Gasteiger partial charge is 0.480 e. The number of amides is 2. The number of carbonyl (C=O) groups is 1. The summed E-state index contributed by atoms with van der Waals surface area (Å²) < 4.78 is 6.99. The Hall–Kier alpha value is -2.10. The number of imidazole rings is 1. The molecule has 0 saturated heterocycles. The van der Waals surface area contributed by atoms with Crippen molar-refractivity contribution in [2.45, 2.75) is 0 Å². The Morgan fingerprint density at radius 2 is 2.12 bits per heavy atom. The van der Waals surface area contributed by atoms with Crippen LogP contribution < -0.4 is 15.4 Å². The predicted octanol–water partition coefficient (Wildman–Crippen LogP) is 3.85. The summed E-state index contributed by atoms with van der Waals surface area (Å²) in [5.41, 5.74) is 1.31. The van der Waals surface area contributed by atoms with Crippen LogP contribution >= 0.6 is 39.1 Å². The number of nitrogens with one attached hydrogen (secondary N) is 2. The number of nitrogens with zero attached hydrogens (tertiary/aromatic N) is 4. The average Bonchev–Trinajstić information content (AvgIpc) is 2.92. The van der Waals surface area contributed by atoms with Crippen molar-refractivity contribution >= 4 is 62.2 Å². The summed E-state index contributed by atoms with van der Waals surface area (Å²) >= 11 is 15.2.